The van der Waals surface area contributed by atoms with Crippen LogP contribution in [-0.4, -0.2) is 10.1 Å². The van der Waals surface area contributed by atoms with Gasteiger partial charge in [0.25, 0.3) is 10.6 Å². The first-order valence-corrected chi connectivity index (χ1v) is 3.63. The third-order valence-corrected chi connectivity index (χ3v) is 2.13. The summed E-state index contributed by atoms with van der Waals surface area (Å²) >= 11 is 8.77. The van der Waals surface area contributed by atoms with Crippen molar-refractivity contribution >= 4 is 30.9 Å². The van der Waals surface area contributed by atoms with Crippen LogP contribution in [0.3, 0.4) is 0 Å². The van der Waals surface area contributed by atoms with Crippen molar-refractivity contribution in [3.8, 4) is 0 Å². The highest BCUT2D eigenvalue weighted by Crippen LogP contribution is 2.23. The molecular weight excluding hydrogens is 182 g/mol. The van der Waals surface area contributed by atoms with E-state index in [0.717, 1.165) is 0 Å². The van der Waals surface area contributed by atoms with Gasteiger partial charge in [-0.3, -0.25) is 0 Å². The van der Waals surface area contributed by atoms with Crippen molar-refractivity contribution in [1.82, 2.24) is 0 Å². The predicted molar refractivity (Wildman–Crippen MR) is 44.4 cm³/mol. The van der Waals surface area contributed by atoms with Gasteiger partial charge >= 0.3 is 0 Å². The number of hydrogen-bond donors (Lipinski definition) is 2. The fourth-order valence-corrected chi connectivity index (χ4v) is 1.08. The normalized spacial score (nSPS) is 9.55. The van der Waals surface area contributed by atoms with Crippen molar-refractivity contribution in [2.24, 2.45) is 0 Å². The van der Waals surface area contributed by atoms with E-state index in [4.69, 9.17) is 17.8 Å². The number of rotatable bonds is 1. The van der Waals surface area contributed by atoms with Crippen LogP contribution in [0, 0.1) is 4.91 Å². The van der Waals surface area contributed by atoms with Gasteiger partial charge in [-0.2, -0.15) is 0 Å². The molecular formula is C6H5NO2S2. The molecule has 0 unspecified atom stereocenters. The topological polar surface area (TPSA) is 40.3 Å². The molecule has 58 valence electrons. The molecule has 0 bridgehead atoms. The highest BCUT2D eigenvalue weighted by atomic mass is 32.1. The summed E-state index contributed by atoms with van der Waals surface area (Å²) in [5.74, 6) is 0. The average Bonchev–Trinajstić information content (AvgIpc) is 1.94. The van der Waals surface area contributed by atoms with E-state index in [1.54, 1.807) is 12.1 Å². The summed E-state index contributed by atoms with van der Waals surface area (Å²) in [6.45, 7) is 0. The lowest BCUT2D eigenvalue weighted by Crippen LogP contribution is -1.94. The van der Waals surface area contributed by atoms with Crippen LogP contribution < -0.4 is 0 Å². The van der Waals surface area contributed by atoms with Crippen LogP contribution in [0.5, 0.6) is 0 Å². The largest absolute Gasteiger partial charge is 0.772 e. The maximum absolute atomic E-state index is 10.4. The lowest BCUT2D eigenvalue weighted by atomic mass is 10.3. The van der Waals surface area contributed by atoms with Crippen LogP contribution in [0.1, 0.15) is 0 Å². The quantitative estimate of drug-likeness (QED) is 0.399. The van der Waals surface area contributed by atoms with E-state index in [-0.39, 0.29) is 15.5 Å². The summed E-state index contributed by atoms with van der Waals surface area (Å²) in [5, 5.41) is 8.51. The molecule has 0 aliphatic heterocycles. The second kappa shape index (κ2) is 3.06. The zero-order chi connectivity index (χ0) is 8.43. The minimum absolute atomic E-state index is 0.0486. The van der Waals surface area contributed by atoms with Gasteiger partial charge in [0.15, 0.2) is 0 Å². The van der Waals surface area contributed by atoms with Crippen molar-refractivity contribution in [2.45, 2.75) is 9.79 Å². The zero-order valence-electron chi connectivity index (χ0n) is 5.39. The molecule has 5 heteroatoms. The predicted octanol–water partition coefficient (Wildman–Crippen LogP) is 1.68. The summed E-state index contributed by atoms with van der Waals surface area (Å²) in [7, 11) is 0. The van der Waals surface area contributed by atoms with Gasteiger partial charge in [0.2, 0.25) is 0 Å². The second-order valence-corrected chi connectivity index (χ2v) is 2.79. The van der Waals surface area contributed by atoms with Gasteiger partial charge in [0, 0.05) is 6.07 Å². The maximum atomic E-state index is 10.4. The van der Waals surface area contributed by atoms with Crippen molar-refractivity contribution in [2.75, 3.05) is 0 Å². The van der Waals surface area contributed by atoms with Crippen molar-refractivity contribution < 1.29 is 10.1 Å². The fraction of sp³-hybridized carbons (Fsp3) is 0. The lowest BCUT2D eigenvalue weighted by molar-refractivity contribution is -0.731. The van der Waals surface area contributed by atoms with Gasteiger partial charge in [-0.25, -0.2) is 5.21 Å². The van der Waals surface area contributed by atoms with E-state index in [0.29, 0.717) is 4.90 Å². The van der Waals surface area contributed by atoms with E-state index >= 15 is 0 Å². The van der Waals surface area contributed by atoms with E-state index in [1.807, 2.05) is 0 Å². The number of hydrogen-bond acceptors (Lipinski definition) is 3. The Kier molecular flexibility index (Phi) is 2.31. The monoisotopic (exact) mass is 187 g/mol. The first kappa shape index (κ1) is 8.29. The molecule has 0 spiro atoms. The number of benzene rings is 1. The highest BCUT2D eigenvalue weighted by Gasteiger charge is 2.11. The van der Waals surface area contributed by atoms with Crippen LogP contribution in [0.4, 0.5) is 5.69 Å². The minimum Gasteiger partial charge on any atom is -0.772 e. The van der Waals surface area contributed by atoms with E-state index < -0.39 is 0 Å². The first-order valence-electron chi connectivity index (χ1n) is 2.78. The lowest BCUT2D eigenvalue weighted by Gasteiger charge is -2.05. The molecule has 0 aromatic heterocycles. The third-order valence-electron chi connectivity index (χ3n) is 1.18. The average molecular weight is 187 g/mol. The Bertz CT molecular complexity index is 301. The van der Waals surface area contributed by atoms with Crippen LogP contribution in [-0.2, 0) is 12.6 Å². The van der Waals surface area contributed by atoms with Crippen LogP contribution in [0.25, 0.3) is 0 Å². The zero-order valence-corrected chi connectivity index (χ0v) is 7.10. The van der Waals surface area contributed by atoms with Crippen molar-refractivity contribution in [3.63, 3.8) is 0 Å². The van der Waals surface area contributed by atoms with E-state index in [1.165, 1.54) is 6.07 Å². The summed E-state index contributed by atoms with van der Waals surface area (Å²) in [6.07, 6.45) is 0. The molecule has 3 nitrogen and oxygen atoms in total. The molecule has 1 aromatic rings. The Morgan fingerprint density at radius 1 is 1.55 bits per heavy atom. The van der Waals surface area contributed by atoms with Gasteiger partial charge < -0.3 is 12.6 Å². The third kappa shape index (κ3) is 1.61. The molecule has 0 aliphatic rings. The molecule has 0 radical (unpaired) electrons. The second-order valence-electron chi connectivity index (χ2n) is 1.90. The standard InChI is InChI=1S/C6H5NO2S2/c8-7(9)4-2-1-3-5(10)6(4)11/h1-3H,(H2-,8,9,10,11). The van der Waals surface area contributed by atoms with Crippen molar-refractivity contribution in [1.29, 1.82) is 0 Å². The van der Waals surface area contributed by atoms with Gasteiger partial charge in [-0.15, -0.1) is 12.6 Å². The molecule has 0 amide bonds. The van der Waals surface area contributed by atoms with E-state index in [2.05, 4.69) is 12.6 Å². The Morgan fingerprint density at radius 2 is 2.18 bits per heavy atom. The molecule has 0 fully saturated rings. The van der Waals surface area contributed by atoms with Crippen molar-refractivity contribution in [3.05, 3.63) is 23.1 Å². The molecule has 0 aliphatic carbocycles. The Hall–Kier alpha value is -0.810. The molecule has 11 heavy (non-hydrogen) atoms. The minimum atomic E-state index is -0.262. The molecule has 0 heterocycles. The molecule has 0 saturated carbocycles. The van der Waals surface area contributed by atoms with Gasteiger partial charge in [-0.05, 0) is 11.0 Å². The summed E-state index contributed by atoms with van der Waals surface area (Å²) in [5.41, 5.74) is 0.0486. The number of thiol groups is 1. The summed E-state index contributed by atoms with van der Waals surface area (Å²) < 4.78 is 0. The highest BCUT2D eigenvalue weighted by molar-refractivity contribution is 7.80. The molecule has 0 atom stereocenters. The smallest absolute Gasteiger partial charge is 0.298 e. The van der Waals surface area contributed by atoms with Crippen LogP contribution in [0.2, 0.25) is 0 Å². The Labute approximate surface area is 74.4 Å². The summed E-state index contributed by atoms with van der Waals surface area (Å²) in [4.78, 5) is 10.9. The van der Waals surface area contributed by atoms with Crippen LogP contribution in [0.15, 0.2) is 28.0 Å². The molecule has 1 rings (SSSR count). The van der Waals surface area contributed by atoms with Gasteiger partial charge in [0.1, 0.15) is 0 Å². The van der Waals surface area contributed by atoms with Gasteiger partial charge in [0.05, 0.1) is 4.91 Å². The van der Waals surface area contributed by atoms with Crippen LogP contribution >= 0.6 is 12.6 Å². The first-order chi connectivity index (χ1) is 5.13. The molecule has 1 aromatic carbocycles. The van der Waals surface area contributed by atoms with E-state index in [9.17, 15) is 4.91 Å². The fourth-order valence-electron chi connectivity index (χ4n) is 0.664. The van der Waals surface area contributed by atoms with Gasteiger partial charge in [-0.1, -0.05) is 11.0 Å². The molecule has 1 N–H and O–H groups in total. The Morgan fingerprint density at radius 3 is 2.64 bits per heavy atom. The molecule has 0 saturated heterocycles. The number of nitrogens with zero attached hydrogens (tertiary/aromatic N) is 1. The maximum Gasteiger partial charge on any atom is 0.298 e. The SMILES string of the molecule is O=[N+](O)c1cccc(S)c1[S-]. The Balaban J connectivity index is 3.27. The summed E-state index contributed by atoms with van der Waals surface area (Å²) in [6, 6.07) is 4.67.